The summed E-state index contributed by atoms with van der Waals surface area (Å²) in [7, 11) is 0. The minimum absolute atomic E-state index is 0.0885. The average molecular weight is 801 g/mol. The Hall–Kier alpha value is -2.37. The number of ether oxygens (including phenoxy) is 3. The van der Waals surface area contributed by atoms with Gasteiger partial charge in [0.15, 0.2) is 6.10 Å². The summed E-state index contributed by atoms with van der Waals surface area (Å²) >= 11 is 0. The van der Waals surface area contributed by atoms with Gasteiger partial charge in [0.2, 0.25) is 0 Å². The molecule has 0 unspecified atom stereocenters. The molecule has 6 heteroatoms. The van der Waals surface area contributed by atoms with Crippen LogP contribution in [-0.2, 0) is 28.6 Å². The molecule has 332 valence electrons. The van der Waals surface area contributed by atoms with Crippen molar-refractivity contribution in [3.8, 4) is 0 Å². The number of hydrogen-bond acceptors (Lipinski definition) is 6. The normalized spacial score (nSPS) is 11.8. The Kier molecular flexibility index (Phi) is 44.4. The van der Waals surface area contributed by atoms with Gasteiger partial charge in [0.1, 0.15) is 13.2 Å². The van der Waals surface area contributed by atoms with E-state index in [4.69, 9.17) is 14.2 Å². The first-order chi connectivity index (χ1) is 28.0. The van der Waals surface area contributed by atoms with Crippen molar-refractivity contribution in [2.75, 3.05) is 13.2 Å². The fourth-order valence-electron chi connectivity index (χ4n) is 6.93. The molecule has 57 heavy (non-hydrogen) atoms. The molecule has 0 radical (unpaired) electrons. The topological polar surface area (TPSA) is 78.9 Å². The van der Waals surface area contributed by atoms with Crippen molar-refractivity contribution in [1.82, 2.24) is 0 Å². The van der Waals surface area contributed by atoms with E-state index in [-0.39, 0.29) is 37.5 Å². The first kappa shape index (κ1) is 54.6. The van der Waals surface area contributed by atoms with Crippen LogP contribution in [0.5, 0.6) is 0 Å². The monoisotopic (exact) mass is 801 g/mol. The van der Waals surface area contributed by atoms with Crippen LogP contribution in [-0.4, -0.2) is 37.2 Å². The molecule has 0 N–H and O–H groups in total. The van der Waals surface area contributed by atoms with Crippen LogP contribution in [0.1, 0.15) is 252 Å². The highest BCUT2D eigenvalue weighted by Gasteiger charge is 2.19. The SMILES string of the molecule is CCCCCCCC/C=C\C/C=C\C/C=C\CCCC(=O)OC(COC(=O)CCCCCCCCCCCCC)COC(=O)CCCCCCCCCCCCC. The summed E-state index contributed by atoms with van der Waals surface area (Å²) in [6.45, 7) is 6.58. The van der Waals surface area contributed by atoms with Gasteiger partial charge in [0.25, 0.3) is 0 Å². The lowest BCUT2D eigenvalue weighted by Crippen LogP contribution is -2.30. The minimum Gasteiger partial charge on any atom is -0.462 e. The van der Waals surface area contributed by atoms with E-state index in [0.29, 0.717) is 19.3 Å². The van der Waals surface area contributed by atoms with Crippen LogP contribution in [0.3, 0.4) is 0 Å². The Labute approximate surface area is 353 Å². The van der Waals surface area contributed by atoms with E-state index >= 15 is 0 Å². The summed E-state index contributed by atoms with van der Waals surface area (Å²) in [5.41, 5.74) is 0. The zero-order valence-corrected chi connectivity index (χ0v) is 37.9. The third kappa shape index (κ3) is 44.6. The molecule has 0 heterocycles. The molecule has 0 saturated heterocycles. The summed E-state index contributed by atoms with van der Waals surface area (Å²) in [6, 6.07) is 0. The van der Waals surface area contributed by atoms with Crippen LogP contribution in [0.4, 0.5) is 0 Å². The van der Waals surface area contributed by atoms with Gasteiger partial charge in [-0.1, -0.05) is 218 Å². The van der Waals surface area contributed by atoms with E-state index in [1.54, 1.807) is 0 Å². The third-order valence-electron chi connectivity index (χ3n) is 10.6. The summed E-state index contributed by atoms with van der Waals surface area (Å²) in [6.07, 6.45) is 52.7. The van der Waals surface area contributed by atoms with Gasteiger partial charge in [-0.3, -0.25) is 14.4 Å². The molecular weight excluding hydrogens is 709 g/mol. The number of esters is 3. The predicted molar refractivity (Wildman–Crippen MR) is 242 cm³/mol. The highest BCUT2D eigenvalue weighted by Crippen LogP contribution is 2.15. The lowest BCUT2D eigenvalue weighted by Gasteiger charge is -2.18. The molecule has 0 spiro atoms. The van der Waals surface area contributed by atoms with E-state index in [0.717, 1.165) is 57.8 Å². The van der Waals surface area contributed by atoms with Crippen LogP contribution < -0.4 is 0 Å². The Bertz CT molecular complexity index is 927. The third-order valence-corrected chi connectivity index (χ3v) is 10.6. The first-order valence-corrected chi connectivity index (χ1v) is 24.5. The number of hydrogen-bond donors (Lipinski definition) is 0. The number of carbonyl (C=O) groups excluding carboxylic acids is 3. The molecule has 0 rings (SSSR count). The summed E-state index contributed by atoms with van der Waals surface area (Å²) < 4.78 is 16.7. The highest BCUT2D eigenvalue weighted by atomic mass is 16.6. The molecule has 0 atom stereocenters. The van der Waals surface area contributed by atoms with Gasteiger partial charge >= 0.3 is 17.9 Å². The second kappa shape index (κ2) is 46.3. The standard InChI is InChI=1S/C51H92O6/c1-4-7-10-13-16-19-22-23-24-25-26-27-30-33-36-39-42-45-51(54)57-48(46-55-49(52)43-40-37-34-31-28-20-17-14-11-8-5-2)47-56-50(53)44-41-38-35-32-29-21-18-15-12-9-6-3/h23-24,26-27,33,36,48H,4-22,25,28-32,34-35,37-47H2,1-3H3/b24-23-,27-26-,36-33-. The lowest BCUT2D eigenvalue weighted by molar-refractivity contribution is -0.167. The molecule has 6 nitrogen and oxygen atoms in total. The van der Waals surface area contributed by atoms with Gasteiger partial charge in [0.05, 0.1) is 0 Å². The zero-order valence-electron chi connectivity index (χ0n) is 37.9. The van der Waals surface area contributed by atoms with Gasteiger partial charge in [0, 0.05) is 19.3 Å². The maximum Gasteiger partial charge on any atom is 0.306 e. The summed E-state index contributed by atoms with van der Waals surface area (Å²) in [5.74, 6) is -0.936. The van der Waals surface area contributed by atoms with E-state index < -0.39 is 6.10 Å². The van der Waals surface area contributed by atoms with Crippen LogP contribution in [0.25, 0.3) is 0 Å². The molecule has 0 aliphatic heterocycles. The van der Waals surface area contributed by atoms with Crippen molar-refractivity contribution in [2.24, 2.45) is 0 Å². The van der Waals surface area contributed by atoms with Gasteiger partial charge in [-0.15, -0.1) is 0 Å². The van der Waals surface area contributed by atoms with Crippen molar-refractivity contribution in [3.05, 3.63) is 36.5 Å². The van der Waals surface area contributed by atoms with Crippen LogP contribution >= 0.6 is 0 Å². The van der Waals surface area contributed by atoms with Crippen LogP contribution in [0, 0.1) is 0 Å². The van der Waals surface area contributed by atoms with Crippen molar-refractivity contribution in [2.45, 2.75) is 258 Å². The Morgan fingerprint density at radius 3 is 1.04 bits per heavy atom. The fraction of sp³-hybridized carbons (Fsp3) is 0.824. The Morgan fingerprint density at radius 2 is 0.649 bits per heavy atom. The second-order valence-electron chi connectivity index (χ2n) is 16.4. The highest BCUT2D eigenvalue weighted by molar-refractivity contribution is 5.71. The van der Waals surface area contributed by atoms with Crippen LogP contribution in [0.2, 0.25) is 0 Å². The van der Waals surface area contributed by atoms with E-state index in [9.17, 15) is 14.4 Å². The smallest absolute Gasteiger partial charge is 0.306 e. The maximum atomic E-state index is 12.7. The quantitative estimate of drug-likeness (QED) is 0.0264. The van der Waals surface area contributed by atoms with Crippen molar-refractivity contribution >= 4 is 17.9 Å². The number of rotatable bonds is 44. The minimum atomic E-state index is -0.791. The predicted octanol–water partition coefficient (Wildman–Crippen LogP) is 15.8. The largest absolute Gasteiger partial charge is 0.462 e. The molecule has 0 aliphatic carbocycles. The first-order valence-electron chi connectivity index (χ1n) is 24.5. The van der Waals surface area contributed by atoms with Crippen molar-refractivity contribution < 1.29 is 28.6 Å². The molecule has 0 fully saturated rings. The second-order valence-corrected chi connectivity index (χ2v) is 16.4. The van der Waals surface area contributed by atoms with Gasteiger partial charge in [-0.05, 0) is 51.4 Å². The Balaban J connectivity index is 4.43. The van der Waals surface area contributed by atoms with Gasteiger partial charge in [-0.2, -0.15) is 0 Å². The zero-order chi connectivity index (χ0) is 41.5. The molecule has 0 amide bonds. The van der Waals surface area contributed by atoms with E-state index in [1.807, 2.05) is 0 Å². The van der Waals surface area contributed by atoms with Crippen LogP contribution in [0.15, 0.2) is 36.5 Å². The average Bonchev–Trinajstić information content (AvgIpc) is 3.21. The van der Waals surface area contributed by atoms with E-state index in [1.165, 1.54) is 148 Å². The molecule has 0 aromatic carbocycles. The molecule has 0 aliphatic rings. The van der Waals surface area contributed by atoms with Gasteiger partial charge < -0.3 is 14.2 Å². The molecule has 0 aromatic heterocycles. The maximum absolute atomic E-state index is 12.7. The Morgan fingerprint density at radius 1 is 0.351 bits per heavy atom. The number of allylic oxidation sites excluding steroid dienone is 6. The van der Waals surface area contributed by atoms with Crippen molar-refractivity contribution in [3.63, 3.8) is 0 Å². The molecule has 0 aromatic rings. The van der Waals surface area contributed by atoms with Crippen molar-refractivity contribution in [1.29, 1.82) is 0 Å². The lowest BCUT2D eigenvalue weighted by atomic mass is 10.1. The molecular formula is C51H92O6. The van der Waals surface area contributed by atoms with E-state index in [2.05, 4.69) is 57.2 Å². The number of carbonyl (C=O) groups is 3. The summed E-state index contributed by atoms with van der Waals surface area (Å²) in [4.78, 5) is 37.8. The summed E-state index contributed by atoms with van der Waals surface area (Å²) in [5, 5.41) is 0. The van der Waals surface area contributed by atoms with Gasteiger partial charge in [-0.25, -0.2) is 0 Å². The fourth-order valence-corrected chi connectivity index (χ4v) is 6.93. The molecule has 0 bridgehead atoms. The molecule has 0 saturated carbocycles. The number of unbranched alkanes of at least 4 members (excludes halogenated alkanes) is 27.